The molecule has 0 unspecified atom stereocenters. The van der Waals surface area contributed by atoms with Gasteiger partial charge in [0.25, 0.3) is 0 Å². The third kappa shape index (κ3) is 3.58. The van der Waals surface area contributed by atoms with Crippen molar-refractivity contribution in [3.05, 3.63) is 57.6 Å². The Morgan fingerprint density at radius 3 is 2.77 bits per heavy atom. The lowest BCUT2D eigenvalue weighted by molar-refractivity contribution is 0.398. The van der Waals surface area contributed by atoms with E-state index in [9.17, 15) is 10.5 Å². The van der Waals surface area contributed by atoms with E-state index in [1.165, 1.54) is 4.88 Å². The van der Waals surface area contributed by atoms with Gasteiger partial charge in [-0.15, -0.1) is 11.3 Å². The summed E-state index contributed by atoms with van der Waals surface area (Å²) in [5.74, 6) is 0.937. The molecule has 0 amide bonds. The molecule has 0 aromatic carbocycles. The molecule has 0 bridgehead atoms. The first kappa shape index (κ1) is 20.4. The second-order valence-corrected chi connectivity index (χ2v) is 8.17. The van der Waals surface area contributed by atoms with E-state index in [0.717, 1.165) is 33.9 Å². The van der Waals surface area contributed by atoms with E-state index in [-0.39, 0.29) is 0 Å². The molecule has 4 heterocycles. The van der Waals surface area contributed by atoms with Gasteiger partial charge >= 0.3 is 0 Å². The number of methoxy groups -OCH3 is 1. The second kappa shape index (κ2) is 8.10. The monoisotopic (exact) mass is 428 g/mol. The lowest BCUT2D eigenvalue weighted by atomic mass is 10.1. The van der Waals surface area contributed by atoms with Crippen LogP contribution >= 0.6 is 11.3 Å². The second-order valence-electron chi connectivity index (χ2n) is 7.06. The third-order valence-corrected chi connectivity index (χ3v) is 6.40. The summed E-state index contributed by atoms with van der Waals surface area (Å²) in [5.41, 5.74) is 5.35. The van der Waals surface area contributed by atoms with Gasteiger partial charge in [0, 0.05) is 22.3 Å². The van der Waals surface area contributed by atoms with Crippen molar-refractivity contribution >= 4 is 34.0 Å². The quantitative estimate of drug-likeness (QED) is 0.454. The first-order valence-electron chi connectivity index (χ1n) is 9.73. The number of nitrogens with one attached hydrogen (secondary N) is 1. The molecule has 4 rings (SSSR count). The summed E-state index contributed by atoms with van der Waals surface area (Å²) < 4.78 is 7.23. The summed E-state index contributed by atoms with van der Waals surface area (Å²) in [4.78, 5) is 13.0. The summed E-state index contributed by atoms with van der Waals surface area (Å²) in [7, 11) is 1.55. The van der Waals surface area contributed by atoms with Crippen LogP contribution in [0.5, 0.6) is 5.88 Å². The van der Waals surface area contributed by atoms with Crippen molar-refractivity contribution in [1.29, 1.82) is 10.5 Å². The molecule has 4 aromatic heterocycles. The van der Waals surface area contributed by atoms with Gasteiger partial charge in [0.2, 0.25) is 5.88 Å². The van der Waals surface area contributed by atoms with Gasteiger partial charge in [-0.3, -0.25) is 0 Å². The Hall–Kier alpha value is -3.88. The average molecular weight is 429 g/mol. The van der Waals surface area contributed by atoms with E-state index >= 15 is 0 Å². The van der Waals surface area contributed by atoms with E-state index in [2.05, 4.69) is 38.6 Å². The minimum absolute atomic E-state index is 0.413. The number of ether oxygens (including phenoxy) is 1. The highest BCUT2D eigenvalue weighted by Crippen LogP contribution is 2.32. The average Bonchev–Trinajstić information content (AvgIpc) is 3.46. The molecule has 0 aliphatic rings. The van der Waals surface area contributed by atoms with Crippen LogP contribution in [0.2, 0.25) is 0 Å². The first-order chi connectivity index (χ1) is 15.0. The van der Waals surface area contributed by atoms with Crippen molar-refractivity contribution in [2.45, 2.75) is 27.2 Å². The number of hydrogen-bond donors (Lipinski definition) is 1. The largest absolute Gasteiger partial charge is 0.481 e. The topological polar surface area (TPSA) is 103 Å². The number of hydrogen-bond acceptors (Lipinski definition) is 6. The molecular weight excluding hydrogens is 408 g/mol. The molecule has 4 aromatic rings. The number of pyridine rings is 1. The zero-order valence-corrected chi connectivity index (χ0v) is 18.5. The molecule has 0 saturated heterocycles. The van der Waals surface area contributed by atoms with Gasteiger partial charge in [-0.25, -0.2) is 9.97 Å². The van der Waals surface area contributed by atoms with Crippen molar-refractivity contribution in [3.63, 3.8) is 0 Å². The zero-order valence-electron chi connectivity index (χ0n) is 17.6. The summed E-state index contributed by atoms with van der Waals surface area (Å²) in [6.07, 6.45) is 4.34. The highest BCUT2D eigenvalue weighted by atomic mass is 32.1. The van der Waals surface area contributed by atoms with Crippen LogP contribution in [0.4, 0.5) is 0 Å². The zero-order chi connectivity index (χ0) is 22.1. The Labute approximate surface area is 183 Å². The van der Waals surface area contributed by atoms with Gasteiger partial charge in [0.05, 0.1) is 35.5 Å². The molecule has 0 atom stereocenters. The number of thiophene rings is 1. The fourth-order valence-corrected chi connectivity index (χ4v) is 4.69. The lowest BCUT2D eigenvalue weighted by Gasteiger charge is -2.07. The molecule has 31 heavy (non-hydrogen) atoms. The minimum atomic E-state index is 0.413. The highest BCUT2D eigenvalue weighted by Gasteiger charge is 2.17. The number of aromatic amines is 1. The van der Waals surface area contributed by atoms with Gasteiger partial charge in [-0.1, -0.05) is 6.92 Å². The Bertz CT molecular complexity index is 1410. The van der Waals surface area contributed by atoms with Crippen LogP contribution in [0.25, 0.3) is 27.7 Å². The fraction of sp³-hybridized carbons (Fsp3) is 0.217. The van der Waals surface area contributed by atoms with Gasteiger partial charge in [0.15, 0.2) is 0 Å². The highest BCUT2D eigenvalue weighted by molar-refractivity contribution is 7.14. The van der Waals surface area contributed by atoms with E-state index in [0.29, 0.717) is 28.4 Å². The van der Waals surface area contributed by atoms with Crippen LogP contribution in [-0.4, -0.2) is 26.6 Å². The number of imidazole rings is 1. The predicted octanol–water partition coefficient (Wildman–Crippen LogP) is 4.93. The maximum atomic E-state index is 9.80. The number of nitriles is 2. The number of aromatic nitrogens is 4. The molecule has 0 saturated carbocycles. The van der Waals surface area contributed by atoms with Crippen LogP contribution in [0.3, 0.4) is 0 Å². The van der Waals surface area contributed by atoms with Gasteiger partial charge in [-0.05, 0) is 44.0 Å². The van der Waals surface area contributed by atoms with E-state index < -0.39 is 0 Å². The fourth-order valence-electron chi connectivity index (χ4n) is 3.54. The summed E-state index contributed by atoms with van der Waals surface area (Å²) in [5, 5.41) is 20.3. The Kier molecular flexibility index (Phi) is 5.33. The van der Waals surface area contributed by atoms with Gasteiger partial charge < -0.3 is 14.3 Å². The molecular formula is C23H20N6OS. The van der Waals surface area contributed by atoms with Crippen LogP contribution in [0.15, 0.2) is 24.4 Å². The molecule has 154 valence electrons. The molecule has 0 spiro atoms. The molecule has 0 fully saturated rings. The summed E-state index contributed by atoms with van der Waals surface area (Å²) in [6.45, 7) is 6.08. The van der Waals surface area contributed by atoms with E-state index in [4.69, 9.17) is 4.74 Å². The number of allylic oxidation sites excluding steroid dienone is 1. The third-order valence-electron chi connectivity index (χ3n) is 5.13. The SMILES string of the molecule is CCc1cc(C#N)c(-n2c(C)cc(C=C(C#N)c3nc4cc(OC)ncc4[nH]3)c2C)s1. The van der Waals surface area contributed by atoms with Crippen molar-refractivity contribution in [2.24, 2.45) is 0 Å². The van der Waals surface area contributed by atoms with Crippen LogP contribution in [0.1, 0.15) is 40.1 Å². The minimum Gasteiger partial charge on any atom is -0.481 e. The Morgan fingerprint density at radius 2 is 2.10 bits per heavy atom. The smallest absolute Gasteiger partial charge is 0.215 e. The van der Waals surface area contributed by atoms with Crippen molar-refractivity contribution < 1.29 is 4.74 Å². The van der Waals surface area contributed by atoms with Gasteiger partial charge in [0.1, 0.15) is 23.0 Å². The van der Waals surface area contributed by atoms with Gasteiger partial charge in [-0.2, -0.15) is 10.5 Å². The van der Waals surface area contributed by atoms with E-state index in [1.807, 2.05) is 32.1 Å². The number of rotatable bonds is 5. The number of H-pyrrole nitrogens is 1. The number of nitrogens with zero attached hydrogens (tertiary/aromatic N) is 5. The molecule has 1 N–H and O–H groups in total. The summed E-state index contributed by atoms with van der Waals surface area (Å²) >= 11 is 1.62. The normalized spacial score (nSPS) is 11.5. The molecule has 0 aliphatic carbocycles. The van der Waals surface area contributed by atoms with Crippen molar-refractivity contribution in [2.75, 3.05) is 7.11 Å². The van der Waals surface area contributed by atoms with Crippen molar-refractivity contribution in [3.8, 4) is 23.0 Å². The molecule has 0 radical (unpaired) electrons. The molecule has 0 aliphatic heterocycles. The number of aryl methyl sites for hydroxylation is 2. The molecule has 7 nitrogen and oxygen atoms in total. The van der Waals surface area contributed by atoms with Crippen molar-refractivity contribution in [1.82, 2.24) is 19.5 Å². The van der Waals surface area contributed by atoms with Crippen LogP contribution in [-0.2, 0) is 6.42 Å². The lowest BCUT2D eigenvalue weighted by Crippen LogP contribution is -1.98. The van der Waals surface area contributed by atoms with Crippen LogP contribution in [0, 0.1) is 36.5 Å². The maximum Gasteiger partial charge on any atom is 0.215 e. The maximum absolute atomic E-state index is 9.80. The Morgan fingerprint density at radius 1 is 1.29 bits per heavy atom. The molecule has 8 heteroatoms. The predicted molar refractivity (Wildman–Crippen MR) is 121 cm³/mol. The number of fused-ring (bicyclic) bond motifs is 1. The van der Waals surface area contributed by atoms with Crippen LogP contribution < -0.4 is 4.74 Å². The summed E-state index contributed by atoms with van der Waals surface area (Å²) in [6, 6.07) is 10.2. The van der Waals surface area contributed by atoms with E-state index in [1.54, 1.807) is 30.7 Å². The Balaban J connectivity index is 1.80. The standard InChI is InChI=1S/C23H20N6OS/c1-5-18-8-17(11-25)23(31-18)29-13(2)6-15(14(29)3)7-16(10-24)22-27-19-9-21(30-4)26-12-20(19)28-22/h6-9,12H,5H2,1-4H3,(H,27,28). The first-order valence-corrected chi connectivity index (χ1v) is 10.5.